The number of aromatic amines is 1. The first-order valence-electron chi connectivity index (χ1n) is 7.59. The molecule has 0 radical (unpaired) electrons. The minimum Gasteiger partial charge on any atom is -0.346 e. The van der Waals surface area contributed by atoms with Crippen LogP contribution < -0.4 is 5.73 Å². The highest BCUT2D eigenvalue weighted by atomic mass is 35.5. The molecule has 1 saturated heterocycles. The van der Waals surface area contributed by atoms with Crippen LogP contribution in [-0.4, -0.2) is 39.9 Å². The van der Waals surface area contributed by atoms with Crippen LogP contribution in [0.2, 0.25) is 0 Å². The zero-order chi connectivity index (χ0) is 14.8. The summed E-state index contributed by atoms with van der Waals surface area (Å²) in [6.07, 6.45) is 6.11. The van der Waals surface area contributed by atoms with Gasteiger partial charge in [0.15, 0.2) is 0 Å². The number of H-pyrrole nitrogens is 1. The van der Waals surface area contributed by atoms with E-state index in [-0.39, 0.29) is 24.4 Å². The van der Waals surface area contributed by atoms with E-state index >= 15 is 0 Å². The molecular weight excluding hydrogens is 300 g/mol. The maximum absolute atomic E-state index is 12.4. The minimum atomic E-state index is 0. The van der Waals surface area contributed by atoms with Crippen molar-refractivity contribution in [1.29, 1.82) is 0 Å². The molecule has 0 aliphatic carbocycles. The first-order chi connectivity index (χ1) is 10.1. The van der Waals surface area contributed by atoms with Gasteiger partial charge in [-0.25, -0.2) is 4.98 Å². The number of nitrogens with zero attached hydrogens (tertiary/aromatic N) is 2. The first kappa shape index (κ1) is 16.8. The number of rotatable bonds is 3. The highest BCUT2D eigenvalue weighted by Gasteiger charge is 2.25. The number of halogens is 1. The van der Waals surface area contributed by atoms with E-state index in [9.17, 15) is 4.79 Å². The van der Waals surface area contributed by atoms with Gasteiger partial charge in [-0.1, -0.05) is 0 Å². The molecule has 0 spiro atoms. The smallest absolute Gasteiger partial charge is 0.227 e. The van der Waals surface area contributed by atoms with Crippen molar-refractivity contribution in [2.24, 2.45) is 11.7 Å². The summed E-state index contributed by atoms with van der Waals surface area (Å²) >= 11 is 0. The van der Waals surface area contributed by atoms with Gasteiger partial charge in [0.25, 0.3) is 0 Å². The molecule has 3 heterocycles. The van der Waals surface area contributed by atoms with E-state index in [1.54, 1.807) is 6.20 Å². The van der Waals surface area contributed by atoms with Gasteiger partial charge in [-0.2, -0.15) is 0 Å². The van der Waals surface area contributed by atoms with Crippen molar-refractivity contribution in [2.75, 3.05) is 13.1 Å². The summed E-state index contributed by atoms with van der Waals surface area (Å²) in [5, 5.41) is 1.04. The summed E-state index contributed by atoms with van der Waals surface area (Å²) in [5.74, 6) is 0.745. The van der Waals surface area contributed by atoms with Crippen LogP contribution in [0.3, 0.4) is 0 Å². The van der Waals surface area contributed by atoms with Gasteiger partial charge in [-0.15, -0.1) is 12.4 Å². The number of amides is 1. The van der Waals surface area contributed by atoms with Crippen molar-refractivity contribution >= 4 is 29.3 Å². The number of hydrogen-bond donors (Lipinski definition) is 2. The molecule has 2 aromatic rings. The number of nitrogens with two attached hydrogens (primary N) is 1. The van der Waals surface area contributed by atoms with Crippen LogP contribution in [0.5, 0.6) is 0 Å². The van der Waals surface area contributed by atoms with Gasteiger partial charge in [0.05, 0.1) is 6.42 Å². The number of carbonyl (C=O) groups excluding carboxylic acids is 1. The number of nitrogens with one attached hydrogen (secondary N) is 1. The number of pyridine rings is 1. The van der Waals surface area contributed by atoms with Crippen molar-refractivity contribution in [1.82, 2.24) is 14.9 Å². The van der Waals surface area contributed by atoms with Crippen molar-refractivity contribution in [3.63, 3.8) is 0 Å². The fourth-order valence-corrected chi connectivity index (χ4v) is 3.11. The number of hydrogen-bond acceptors (Lipinski definition) is 3. The molecule has 22 heavy (non-hydrogen) atoms. The van der Waals surface area contributed by atoms with Gasteiger partial charge in [0.1, 0.15) is 5.65 Å². The molecule has 120 valence electrons. The van der Waals surface area contributed by atoms with Crippen LogP contribution >= 0.6 is 12.4 Å². The summed E-state index contributed by atoms with van der Waals surface area (Å²) in [6, 6.07) is 4.13. The zero-order valence-corrected chi connectivity index (χ0v) is 13.6. The molecular formula is C16H23ClN4O. The van der Waals surface area contributed by atoms with Crippen LogP contribution in [0.25, 0.3) is 11.0 Å². The molecule has 3 rings (SSSR count). The minimum absolute atomic E-state index is 0. The van der Waals surface area contributed by atoms with Crippen molar-refractivity contribution in [3.8, 4) is 0 Å². The van der Waals surface area contributed by atoms with E-state index in [0.29, 0.717) is 12.3 Å². The Morgan fingerprint density at radius 1 is 1.50 bits per heavy atom. The van der Waals surface area contributed by atoms with Gasteiger partial charge >= 0.3 is 0 Å². The molecule has 2 aromatic heterocycles. The maximum atomic E-state index is 12.4. The summed E-state index contributed by atoms with van der Waals surface area (Å²) in [6.45, 7) is 3.71. The lowest BCUT2D eigenvalue weighted by molar-refractivity contribution is -0.131. The second kappa shape index (κ2) is 7.11. The third-order valence-electron chi connectivity index (χ3n) is 4.51. The average molecular weight is 323 g/mol. The Balaban J connectivity index is 0.00000176. The van der Waals surface area contributed by atoms with Crippen molar-refractivity contribution < 1.29 is 4.79 Å². The third-order valence-corrected chi connectivity index (χ3v) is 4.51. The molecule has 1 aliphatic rings. The Hall–Kier alpha value is -1.59. The Bertz CT molecular complexity index is 632. The quantitative estimate of drug-likeness (QED) is 0.908. The monoisotopic (exact) mass is 322 g/mol. The standard InChI is InChI=1S/C16H22N4O.ClH/c1-11(17)12-4-7-20(8-5-12)15(21)9-13-10-19-16-14(13)3-2-6-18-16;/h2-3,6,10-12H,4-5,7-9,17H2,1H3,(H,18,19);1H. The molecule has 6 heteroatoms. The van der Waals surface area contributed by atoms with E-state index in [0.717, 1.165) is 42.5 Å². The summed E-state index contributed by atoms with van der Waals surface area (Å²) in [4.78, 5) is 21.8. The molecule has 1 aliphatic heterocycles. The molecule has 1 amide bonds. The summed E-state index contributed by atoms with van der Waals surface area (Å²) in [5.41, 5.74) is 7.81. The number of fused-ring (bicyclic) bond motifs is 1. The lowest BCUT2D eigenvalue weighted by Gasteiger charge is -2.33. The number of aromatic nitrogens is 2. The van der Waals surface area contributed by atoms with Gasteiger partial charge in [-0.05, 0) is 43.4 Å². The molecule has 0 aromatic carbocycles. The molecule has 3 N–H and O–H groups in total. The second-order valence-electron chi connectivity index (χ2n) is 5.97. The van der Waals surface area contributed by atoms with Crippen LogP contribution in [0.4, 0.5) is 0 Å². The Labute approximate surface area is 136 Å². The number of piperidine rings is 1. The number of carbonyl (C=O) groups is 1. The maximum Gasteiger partial charge on any atom is 0.227 e. The first-order valence-corrected chi connectivity index (χ1v) is 7.59. The van der Waals surface area contributed by atoms with Crippen LogP contribution in [-0.2, 0) is 11.2 Å². The van der Waals surface area contributed by atoms with E-state index in [2.05, 4.69) is 16.9 Å². The highest BCUT2D eigenvalue weighted by Crippen LogP contribution is 2.21. The third kappa shape index (κ3) is 3.42. The van der Waals surface area contributed by atoms with Gasteiger partial charge in [-0.3, -0.25) is 4.79 Å². The fraction of sp³-hybridized carbons (Fsp3) is 0.500. The van der Waals surface area contributed by atoms with Crippen molar-refractivity contribution in [3.05, 3.63) is 30.1 Å². The van der Waals surface area contributed by atoms with Gasteiger partial charge < -0.3 is 15.6 Å². The summed E-state index contributed by atoms with van der Waals surface area (Å²) < 4.78 is 0. The highest BCUT2D eigenvalue weighted by molar-refractivity contribution is 5.87. The molecule has 1 fully saturated rings. The average Bonchev–Trinajstić information content (AvgIpc) is 2.91. The lowest BCUT2D eigenvalue weighted by atomic mass is 9.91. The molecule has 5 nitrogen and oxygen atoms in total. The largest absolute Gasteiger partial charge is 0.346 e. The Kier molecular flexibility index (Phi) is 5.42. The topological polar surface area (TPSA) is 75.0 Å². The molecule has 0 saturated carbocycles. The normalized spacial score (nSPS) is 17.3. The predicted octanol–water partition coefficient (Wildman–Crippen LogP) is 2.11. The van der Waals surface area contributed by atoms with E-state index < -0.39 is 0 Å². The second-order valence-corrected chi connectivity index (χ2v) is 5.97. The molecule has 1 atom stereocenters. The van der Waals surface area contributed by atoms with E-state index in [1.807, 2.05) is 23.2 Å². The van der Waals surface area contributed by atoms with Crippen LogP contribution in [0.1, 0.15) is 25.3 Å². The summed E-state index contributed by atoms with van der Waals surface area (Å²) in [7, 11) is 0. The number of likely N-dealkylation sites (tertiary alicyclic amines) is 1. The lowest BCUT2D eigenvalue weighted by Crippen LogP contribution is -2.43. The van der Waals surface area contributed by atoms with Crippen molar-refractivity contribution in [2.45, 2.75) is 32.2 Å². The zero-order valence-electron chi connectivity index (χ0n) is 12.8. The Morgan fingerprint density at radius 2 is 2.23 bits per heavy atom. The predicted molar refractivity (Wildman–Crippen MR) is 90.0 cm³/mol. The molecule has 0 bridgehead atoms. The van der Waals surface area contributed by atoms with E-state index in [1.165, 1.54) is 0 Å². The van der Waals surface area contributed by atoms with Gasteiger partial charge in [0.2, 0.25) is 5.91 Å². The Morgan fingerprint density at radius 3 is 2.91 bits per heavy atom. The SMILES string of the molecule is CC(N)C1CCN(C(=O)Cc2c[nH]c3ncccc23)CC1.Cl. The van der Waals surface area contributed by atoms with E-state index in [4.69, 9.17) is 5.73 Å². The fourth-order valence-electron chi connectivity index (χ4n) is 3.11. The molecule has 1 unspecified atom stereocenters. The van der Waals surface area contributed by atoms with Gasteiger partial charge in [0, 0.05) is 36.9 Å². The van der Waals surface area contributed by atoms with Crippen LogP contribution in [0, 0.1) is 5.92 Å². The van der Waals surface area contributed by atoms with Crippen LogP contribution in [0.15, 0.2) is 24.5 Å².